The van der Waals surface area contributed by atoms with E-state index in [1.807, 2.05) is 31.2 Å². The third-order valence-corrected chi connectivity index (χ3v) is 3.68. The molecule has 0 aliphatic carbocycles. The number of aliphatic hydroxyl groups is 2. The van der Waals surface area contributed by atoms with Crippen LogP contribution >= 0.6 is 15.9 Å². The molecule has 1 unspecified atom stereocenters. The molecule has 5 heteroatoms. The summed E-state index contributed by atoms with van der Waals surface area (Å²) in [6.45, 7) is 3.43. The Kier molecular flexibility index (Phi) is 4.30. The Morgan fingerprint density at radius 3 is 2.63 bits per heavy atom. The highest BCUT2D eigenvalue weighted by Crippen LogP contribution is 2.27. The molecule has 0 aliphatic heterocycles. The largest absolute Gasteiger partial charge is 0.459 e. The third kappa shape index (κ3) is 3.17. The number of benzene rings is 1. The fourth-order valence-corrected chi connectivity index (χ4v) is 2.36. The van der Waals surface area contributed by atoms with Crippen LogP contribution in [0.25, 0.3) is 11.0 Å². The Morgan fingerprint density at radius 2 is 2.00 bits per heavy atom. The standard InChI is InChI=1S/C14H18BrNO3/c1-9(16-14(2,7-17)8-18)13-6-10-5-11(15)3-4-12(10)19-13/h3-6,9,16-18H,7-8H2,1-2H3. The van der Waals surface area contributed by atoms with Crippen molar-refractivity contribution in [3.63, 3.8) is 0 Å². The summed E-state index contributed by atoms with van der Waals surface area (Å²) < 4.78 is 6.78. The lowest BCUT2D eigenvalue weighted by Gasteiger charge is -2.29. The summed E-state index contributed by atoms with van der Waals surface area (Å²) in [5, 5.41) is 22.8. The van der Waals surface area contributed by atoms with Crippen molar-refractivity contribution >= 4 is 26.9 Å². The van der Waals surface area contributed by atoms with Gasteiger partial charge in [0.15, 0.2) is 0 Å². The Morgan fingerprint density at radius 1 is 1.32 bits per heavy atom. The van der Waals surface area contributed by atoms with Gasteiger partial charge in [0.25, 0.3) is 0 Å². The van der Waals surface area contributed by atoms with Gasteiger partial charge in [0.2, 0.25) is 0 Å². The van der Waals surface area contributed by atoms with Crippen LogP contribution in [0.1, 0.15) is 25.6 Å². The summed E-state index contributed by atoms with van der Waals surface area (Å²) in [6.07, 6.45) is 0. The molecule has 1 heterocycles. The number of halogens is 1. The van der Waals surface area contributed by atoms with Crippen molar-refractivity contribution in [2.45, 2.75) is 25.4 Å². The molecule has 4 nitrogen and oxygen atoms in total. The minimum atomic E-state index is -0.723. The first-order chi connectivity index (χ1) is 8.97. The molecule has 0 saturated heterocycles. The minimum Gasteiger partial charge on any atom is -0.459 e. The molecule has 0 spiro atoms. The van der Waals surface area contributed by atoms with Crippen molar-refractivity contribution in [2.75, 3.05) is 13.2 Å². The van der Waals surface area contributed by atoms with E-state index in [1.165, 1.54) is 0 Å². The molecule has 0 amide bonds. The molecule has 104 valence electrons. The summed E-state index contributed by atoms with van der Waals surface area (Å²) in [4.78, 5) is 0. The Labute approximate surface area is 120 Å². The minimum absolute atomic E-state index is 0.101. The average Bonchev–Trinajstić information content (AvgIpc) is 2.81. The second kappa shape index (κ2) is 5.63. The molecule has 0 aliphatic rings. The van der Waals surface area contributed by atoms with Crippen molar-refractivity contribution in [3.8, 4) is 0 Å². The van der Waals surface area contributed by atoms with Gasteiger partial charge in [-0.3, -0.25) is 5.32 Å². The van der Waals surface area contributed by atoms with Gasteiger partial charge in [-0.05, 0) is 38.1 Å². The topological polar surface area (TPSA) is 65.6 Å². The molecule has 3 N–H and O–H groups in total. The van der Waals surface area contributed by atoms with E-state index in [9.17, 15) is 10.2 Å². The van der Waals surface area contributed by atoms with E-state index in [0.717, 1.165) is 21.2 Å². The first kappa shape index (κ1) is 14.5. The molecular formula is C14H18BrNO3. The Bertz CT molecular complexity index is 563. The van der Waals surface area contributed by atoms with Crippen molar-refractivity contribution in [1.29, 1.82) is 0 Å². The zero-order valence-electron chi connectivity index (χ0n) is 11.0. The molecule has 2 rings (SSSR count). The van der Waals surface area contributed by atoms with Crippen molar-refractivity contribution in [3.05, 3.63) is 34.5 Å². The van der Waals surface area contributed by atoms with Gasteiger partial charge in [0.05, 0.1) is 24.8 Å². The molecule has 2 aromatic rings. The fourth-order valence-electron chi connectivity index (χ4n) is 1.98. The quantitative estimate of drug-likeness (QED) is 0.789. The van der Waals surface area contributed by atoms with E-state index >= 15 is 0 Å². The third-order valence-electron chi connectivity index (χ3n) is 3.19. The van der Waals surface area contributed by atoms with Crippen LogP contribution in [0.3, 0.4) is 0 Å². The first-order valence-electron chi connectivity index (χ1n) is 6.16. The van der Waals surface area contributed by atoms with Gasteiger partial charge in [0.1, 0.15) is 11.3 Å². The lowest BCUT2D eigenvalue weighted by molar-refractivity contribution is 0.0934. The van der Waals surface area contributed by atoms with Gasteiger partial charge >= 0.3 is 0 Å². The molecule has 0 radical (unpaired) electrons. The first-order valence-corrected chi connectivity index (χ1v) is 6.95. The van der Waals surface area contributed by atoms with E-state index in [1.54, 1.807) is 6.92 Å². The van der Waals surface area contributed by atoms with Crippen molar-refractivity contribution in [1.82, 2.24) is 5.32 Å². The number of fused-ring (bicyclic) bond motifs is 1. The number of hydrogen-bond donors (Lipinski definition) is 3. The SMILES string of the molecule is CC(NC(C)(CO)CO)c1cc2cc(Br)ccc2o1. The van der Waals surface area contributed by atoms with E-state index < -0.39 is 5.54 Å². The Balaban J connectivity index is 2.24. The lowest BCUT2D eigenvalue weighted by atomic mass is 10.0. The van der Waals surface area contributed by atoms with Crippen LogP contribution in [0.5, 0.6) is 0 Å². The smallest absolute Gasteiger partial charge is 0.134 e. The highest BCUT2D eigenvalue weighted by molar-refractivity contribution is 9.10. The van der Waals surface area contributed by atoms with Gasteiger partial charge in [-0.1, -0.05) is 15.9 Å². The second-order valence-electron chi connectivity index (χ2n) is 5.07. The van der Waals surface area contributed by atoms with E-state index in [-0.39, 0.29) is 19.3 Å². The summed E-state index contributed by atoms with van der Waals surface area (Å²) in [6, 6.07) is 7.70. The maximum Gasteiger partial charge on any atom is 0.134 e. The number of aliphatic hydroxyl groups excluding tert-OH is 2. The highest BCUT2D eigenvalue weighted by Gasteiger charge is 2.26. The van der Waals surface area contributed by atoms with Crippen LogP contribution in [0.4, 0.5) is 0 Å². The van der Waals surface area contributed by atoms with Gasteiger partial charge in [-0.2, -0.15) is 0 Å². The van der Waals surface area contributed by atoms with Crippen LogP contribution in [0, 0.1) is 0 Å². The molecule has 0 saturated carbocycles. The predicted octanol–water partition coefficient (Wildman–Crippen LogP) is 2.59. The molecule has 0 fully saturated rings. The van der Waals surface area contributed by atoms with E-state index in [0.29, 0.717) is 0 Å². The lowest BCUT2D eigenvalue weighted by Crippen LogP contribution is -2.49. The summed E-state index contributed by atoms with van der Waals surface area (Å²) in [5.74, 6) is 0.779. The molecule has 19 heavy (non-hydrogen) atoms. The molecule has 0 bridgehead atoms. The van der Waals surface area contributed by atoms with Gasteiger partial charge < -0.3 is 14.6 Å². The van der Waals surface area contributed by atoms with Gasteiger partial charge in [0, 0.05) is 9.86 Å². The van der Waals surface area contributed by atoms with E-state index in [4.69, 9.17) is 4.42 Å². The van der Waals surface area contributed by atoms with Crippen LogP contribution < -0.4 is 5.32 Å². The number of furan rings is 1. The average molecular weight is 328 g/mol. The zero-order valence-corrected chi connectivity index (χ0v) is 12.6. The van der Waals surface area contributed by atoms with Gasteiger partial charge in [-0.25, -0.2) is 0 Å². The zero-order chi connectivity index (χ0) is 14.0. The van der Waals surface area contributed by atoms with Crippen LogP contribution in [-0.2, 0) is 0 Å². The molecule has 1 atom stereocenters. The molecular weight excluding hydrogens is 310 g/mol. The van der Waals surface area contributed by atoms with Crippen molar-refractivity contribution in [2.24, 2.45) is 0 Å². The predicted molar refractivity (Wildman–Crippen MR) is 78.0 cm³/mol. The van der Waals surface area contributed by atoms with Gasteiger partial charge in [-0.15, -0.1) is 0 Å². The Hall–Kier alpha value is -0.880. The van der Waals surface area contributed by atoms with Crippen LogP contribution in [0.2, 0.25) is 0 Å². The number of rotatable bonds is 5. The normalized spacial score (nSPS) is 13.9. The molecule has 1 aromatic carbocycles. The van der Waals surface area contributed by atoms with Crippen molar-refractivity contribution < 1.29 is 14.6 Å². The fraction of sp³-hybridized carbons (Fsp3) is 0.429. The van der Waals surface area contributed by atoms with Crippen LogP contribution in [-0.4, -0.2) is 29.0 Å². The summed E-state index contributed by atoms with van der Waals surface area (Å²) in [7, 11) is 0. The molecule has 1 aromatic heterocycles. The summed E-state index contributed by atoms with van der Waals surface area (Å²) >= 11 is 3.43. The van der Waals surface area contributed by atoms with Crippen LogP contribution in [0.15, 0.2) is 33.2 Å². The monoisotopic (exact) mass is 327 g/mol. The maximum absolute atomic E-state index is 9.30. The number of nitrogens with one attached hydrogen (secondary N) is 1. The highest BCUT2D eigenvalue weighted by atomic mass is 79.9. The maximum atomic E-state index is 9.30. The summed E-state index contributed by atoms with van der Waals surface area (Å²) in [5.41, 5.74) is 0.0976. The second-order valence-corrected chi connectivity index (χ2v) is 5.99. The number of hydrogen-bond acceptors (Lipinski definition) is 4. The van der Waals surface area contributed by atoms with E-state index in [2.05, 4.69) is 21.2 Å².